The molecule has 0 bridgehead atoms. The molecule has 37 heavy (non-hydrogen) atoms. The lowest BCUT2D eigenvalue weighted by Gasteiger charge is -2.29. The molecular weight excluding hydrogens is 536 g/mol. The van der Waals surface area contributed by atoms with Crippen molar-refractivity contribution in [3.63, 3.8) is 0 Å². The van der Waals surface area contributed by atoms with Gasteiger partial charge in [0, 0.05) is 36.2 Å². The van der Waals surface area contributed by atoms with Crippen molar-refractivity contribution in [3.8, 4) is 5.75 Å². The van der Waals surface area contributed by atoms with Crippen LogP contribution in [0.3, 0.4) is 0 Å². The Hall–Kier alpha value is -2.68. The lowest BCUT2D eigenvalue weighted by molar-refractivity contribution is -0.140. The number of likely N-dealkylation sites (tertiary alicyclic amines) is 1. The van der Waals surface area contributed by atoms with Gasteiger partial charge in [-0.05, 0) is 60.7 Å². The highest BCUT2D eigenvalue weighted by Gasteiger charge is 2.45. The summed E-state index contributed by atoms with van der Waals surface area (Å²) in [5.74, 6) is -0.281. The second-order valence-corrected chi connectivity index (χ2v) is 11.0. The number of Topliss-reactive ketones (excluding diaryl/α,β-unsaturated/α-hetero) is 1. The Morgan fingerprint density at radius 1 is 1.11 bits per heavy atom. The van der Waals surface area contributed by atoms with Crippen molar-refractivity contribution in [1.82, 2.24) is 9.80 Å². The summed E-state index contributed by atoms with van der Waals surface area (Å²) in [7, 11) is 0. The van der Waals surface area contributed by atoms with Crippen LogP contribution in [-0.4, -0.2) is 72.6 Å². The van der Waals surface area contributed by atoms with Gasteiger partial charge in [-0.15, -0.1) is 0 Å². The molecule has 2 aromatic rings. The Kier molecular flexibility index (Phi) is 9.05. The molecule has 1 amide bonds. The van der Waals surface area contributed by atoms with E-state index in [4.69, 9.17) is 9.47 Å². The largest absolute Gasteiger partial charge is 0.507 e. The van der Waals surface area contributed by atoms with Crippen molar-refractivity contribution in [2.24, 2.45) is 5.92 Å². The molecule has 0 aromatic heterocycles. The van der Waals surface area contributed by atoms with Crippen LogP contribution in [0.1, 0.15) is 43.0 Å². The van der Waals surface area contributed by atoms with Gasteiger partial charge in [0.1, 0.15) is 11.5 Å². The molecule has 7 nitrogen and oxygen atoms in total. The van der Waals surface area contributed by atoms with E-state index in [0.717, 1.165) is 47.4 Å². The van der Waals surface area contributed by atoms with Crippen LogP contribution in [-0.2, 0) is 14.3 Å². The lowest BCUT2D eigenvalue weighted by atomic mass is 9.94. The fraction of sp³-hybridized carbons (Fsp3) is 0.448. The number of rotatable bonds is 9. The van der Waals surface area contributed by atoms with Crippen LogP contribution >= 0.6 is 15.9 Å². The van der Waals surface area contributed by atoms with Crippen LogP contribution in [0.15, 0.2) is 52.5 Å². The van der Waals surface area contributed by atoms with Crippen LogP contribution in [0.4, 0.5) is 0 Å². The number of carbonyl (C=O) groups is 2. The summed E-state index contributed by atoms with van der Waals surface area (Å²) >= 11 is 3.46. The number of hydrogen-bond donors (Lipinski definition) is 1. The number of ether oxygens (including phenoxy) is 2. The monoisotopic (exact) mass is 570 g/mol. The van der Waals surface area contributed by atoms with Crippen LogP contribution < -0.4 is 4.74 Å². The number of amides is 1. The number of aliphatic hydroxyl groups excluding tert-OH is 1. The molecular formula is C29H35BrN2O5. The maximum Gasteiger partial charge on any atom is 0.295 e. The van der Waals surface area contributed by atoms with Gasteiger partial charge in [-0.25, -0.2) is 0 Å². The zero-order valence-corrected chi connectivity index (χ0v) is 23.3. The quantitative estimate of drug-likeness (QED) is 0.261. The average molecular weight is 572 g/mol. The van der Waals surface area contributed by atoms with E-state index in [1.165, 1.54) is 0 Å². The summed E-state index contributed by atoms with van der Waals surface area (Å²) in [6.07, 6.45) is 0.723. The Labute approximate surface area is 227 Å². The number of ketones is 1. The van der Waals surface area contributed by atoms with E-state index >= 15 is 0 Å². The third kappa shape index (κ3) is 6.43. The highest BCUT2D eigenvalue weighted by atomic mass is 79.9. The zero-order chi connectivity index (χ0) is 26.5. The molecule has 1 unspecified atom stereocenters. The Morgan fingerprint density at radius 2 is 1.81 bits per heavy atom. The SMILES string of the molecule is Cc1cc(/C(O)=C2\C(=O)C(=O)N(CCCN3CCOCC3)C2c2ccc(Br)cc2)ccc1OCC(C)C. The third-order valence-corrected chi connectivity index (χ3v) is 7.25. The average Bonchev–Trinajstić information content (AvgIpc) is 3.13. The normalized spacial score (nSPS) is 20.1. The Bertz CT molecular complexity index is 1160. The van der Waals surface area contributed by atoms with Crippen LogP contribution in [0.25, 0.3) is 5.76 Å². The molecule has 2 aromatic carbocycles. The van der Waals surface area contributed by atoms with Crippen molar-refractivity contribution in [2.45, 2.75) is 33.2 Å². The molecule has 1 atom stereocenters. The first-order chi connectivity index (χ1) is 17.8. The highest BCUT2D eigenvalue weighted by Crippen LogP contribution is 2.40. The second-order valence-electron chi connectivity index (χ2n) is 10.0. The summed E-state index contributed by atoms with van der Waals surface area (Å²) in [6.45, 7) is 11.0. The lowest BCUT2D eigenvalue weighted by Crippen LogP contribution is -2.38. The van der Waals surface area contributed by atoms with E-state index in [0.29, 0.717) is 37.8 Å². The van der Waals surface area contributed by atoms with Gasteiger partial charge in [0.15, 0.2) is 0 Å². The predicted octanol–water partition coefficient (Wildman–Crippen LogP) is 4.94. The van der Waals surface area contributed by atoms with Gasteiger partial charge in [0.25, 0.3) is 11.7 Å². The standard InChI is InChI=1S/C29H35BrN2O5/c1-19(2)18-37-24-10-7-22(17-20(24)3)27(33)25-26(21-5-8-23(30)9-6-21)32(29(35)28(25)34)12-4-11-31-13-15-36-16-14-31/h5-10,17,19,26,33H,4,11-16,18H2,1-3H3/b27-25+. The minimum absolute atomic E-state index is 0.119. The first-order valence-corrected chi connectivity index (χ1v) is 13.6. The summed E-state index contributed by atoms with van der Waals surface area (Å²) in [4.78, 5) is 30.4. The molecule has 2 aliphatic heterocycles. The third-order valence-electron chi connectivity index (χ3n) is 6.72. The maximum absolute atomic E-state index is 13.3. The molecule has 2 saturated heterocycles. The number of morpholine rings is 1. The topological polar surface area (TPSA) is 79.3 Å². The molecule has 4 rings (SSSR count). The first-order valence-electron chi connectivity index (χ1n) is 12.8. The van der Waals surface area contributed by atoms with Gasteiger partial charge in [-0.2, -0.15) is 0 Å². The van der Waals surface area contributed by atoms with Crippen LogP contribution in [0, 0.1) is 12.8 Å². The van der Waals surface area contributed by atoms with Gasteiger partial charge in [0.05, 0.1) is 31.4 Å². The minimum atomic E-state index is -0.658. The fourth-order valence-corrected chi connectivity index (χ4v) is 5.03. The van der Waals surface area contributed by atoms with Gasteiger partial charge in [-0.1, -0.05) is 41.9 Å². The summed E-state index contributed by atoms with van der Waals surface area (Å²) in [6, 6.07) is 12.2. The summed E-state index contributed by atoms with van der Waals surface area (Å²) in [5, 5.41) is 11.4. The first kappa shape index (κ1) is 27.4. The van der Waals surface area contributed by atoms with Gasteiger partial charge in [0.2, 0.25) is 0 Å². The summed E-state index contributed by atoms with van der Waals surface area (Å²) in [5.41, 5.74) is 2.24. The summed E-state index contributed by atoms with van der Waals surface area (Å²) < 4.78 is 12.2. The Balaban J connectivity index is 1.65. The fourth-order valence-electron chi connectivity index (χ4n) is 4.76. The van der Waals surface area contributed by atoms with E-state index < -0.39 is 17.7 Å². The van der Waals surface area contributed by atoms with Crippen molar-refractivity contribution in [2.75, 3.05) is 46.0 Å². The molecule has 0 spiro atoms. The van der Waals surface area contributed by atoms with Gasteiger partial charge in [-0.3, -0.25) is 14.5 Å². The van der Waals surface area contributed by atoms with E-state index in [9.17, 15) is 14.7 Å². The smallest absolute Gasteiger partial charge is 0.295 e. The number of hydrogen-bond acceptors (Lipinski definition) is 6. The molecule has 2 aliphatic rings. The van der Waals surface area contributed by atoms with Gasteiger partial charge < -0.3 is 19.5 Å². The van der Waals surface area contributed by atoms with E-state index in [2.05, 4.69) is 34.7 Å². The number of benzene rings is 2. The van der Waals surface area contributed by atoms with Crippen molar-refractivity contribution < 1.29 is 24.2 Å². The maximum atomic E-state index is 13.3. The second kappa shape index (κ2) is 12.2. The van der Waals surface area contributed by atoms with Gasteiger partial charge >= 0.3 is 0 Å². The van der Waals surface area contributed by atoms with Crippen molar-refractivity contribution >= 4 is 33.4 Å². The number of aryl methyl sites for hydroxylation is 1. The molecule has 8 heteroatoms. The molecule has 198 valence electrons. The number of halogens is 1. The van der Waals surface area contributed by atoms with E-state index in [1.807, 2.05) is 31.2 Å². The molecule has 2 fully saturated rings. The van der Waals surface area contributed by atoms with Crippen LogP contribution in [0.5, 0.6) is 5.75 Å². The number of aliphatic hydroxyl groups is 1. The number of nitrogens with zero attached hydrogens (tertiary/aromatic N) is 2. The minimum Gasteiger partial charge on any atom is -0.507 e. The molecule has 0 saturated carbocycles. The van der Waals surface area contributed by atoms with Crippen LogP contribution in [0.2, 0.25) is 0 Å². The number of carbonyl (C=O) groups excluding carboxylic acids is 2. The zero-order valence-electron chi connectivity index (χ0n) is 21.7. The Morgan fingerprint density at radius 3 is 2.46 bits per heavy atom. The molecule has 1 N–H and O–H groups in total. The van der Waals surface area contributed by atoms with E-state index in [-0.39, 0.29) is 11.3 Å². The predicted molar refractivity (Wildman–Crippen MR) is 147 cm³/mol. The van der Waals surface area contributed by atoms with Crippen molar-refractivity contribution in [1.29, 1.82) is 0 Å². The molecule has 2 heterocycles. The molecule has 0 aliphatic carbocycles. The van der Waals surface area contributed by atoms with E-state index in [1.54, 1.807) is 23.1 Å². The van der Waals surface area contributed by atoms with Crippen molar-refractivity contribution in [3.05, 3.63) is 69.2 Å². The highest BCUT2D eigenvalue weighted by molar-refractivity contribution is 9.10. The molecule has 0 radical (unpaired) electrons.